The van der Waals surface area contributed by atoms with Gasteiger partial charge in [0.2, 0.25) is 8.38 Å². The molecular weight excluding hydrogens is 494 g/mol. The van der Waals surface area contributed by atoms with Crippen LogP contribution in [0.5, 0.6) is 23.0 Å². The van der Waals surface area contributed by atoms with Gasteiger partial charge in [0.15, 0.2) is 0 Å². The Bertz CT molecular complexity index is 997. The Labute approximate surface area is 209 Å². The molecule has 0 fully saturated rings. The number of hydrogen-bond acceptors (Lipinski definition) is 9. The van der Waals surface area contributed by atoms with Gasteiger partial charge in [-0.15, -0.1) is 0 Å². The van der Waals surface area contributed by atoms with Gasteiger partial charge >= 0.3 is 7.60 Å². The van der Waals surface area contributed by atoms with Crippen LogP contribution >= 0.6 is 16.0 Å². The first-order valence-corrected chi connectivity index (χ1v) is 14.1. The molecule has 2 aromatic rings. The zero-order valence-electron chi connectivity index (χ0n) is 21.7. The smallest absolute Gasteiger partial charge is 0.362 e. The van der Waals surface area contributed by atoms with Crippen LogP contribution in [0.3, 0.4) is 0 Å². The van der Waals surface area contributed by atoms with Crippen LogP contribution in [-0.4, -0.2) is 54.9 Å². The molecule has 0 bridgehead atoms. The Morgan fingerprint density at radius 2 is 1.14 bits per heavy atom. The molecule has 9 nitrogen and oxygen atoms in total. The van der Waals surface area contributed by atoms with Gasteiger partial charge in [0.05, 0.1) is 60.2 Å². The molecule has 0 aromatic heterocycles. The minimum absolute atomic E-state index is 0.174. The standard InChI is InChI=1S/C24H36O9P2/c1-9-30-34(31-10-2)21-15-17(26-5)13-19(28-7)23(21)24-20(29-8)14-18(27-6)16-22(24)35(25,32-11-3)33-12-4/h13-16H,9-12H2,1-8H3. The molecule has 0 spiro atoms. The van der Waals surface area contributed by atoms with E-state index in [4.69, 9.17) is 37.0 Å². The van der Waals surface area contributed by atoms with Crippen LogP contribution < -0.4 is 29.6 Å². The van der Waals surface area contributed by atoms with E-state index < -0.39 is 16.0 Å². The maximum absolute atomic E-state index is 14.1. The van der Waals surface area contributed by atoms with E-state index in [-0.39, 0.29) is 18.5 Å². The molecule has 0 aliphatic carbocycles. The summed E-state index contributed by atoms with van der Waals surface area (Å²) in [4.78, 5) is 0. The van der Waals surface area contributed by atoms with E-state index in [1.807, 2.05) is 19.9 Å². The zero-order valence-corrected chi connectivity index (χ0v) is 23.5. The molecule has 196 valence electrons. The lowest BCUT2D eigenvalue weighted by Crippen LogP contribution is -2.20. The molecule has 0 N–H and O–H groups in total. The van der Waals surface area contributed by atoms with Crippen molar-refractivity contribution in [2.75, 3.05) is 54.9 Å². The van der Waals surface area contributed by atoms with Gasteiger partial charge in [-0.25, -0.2) is 0 Å². The van der Waals surface area contributed by atoms with Crippen LogP contribution in [0.4, 0.5) is 0 Å². The quantitative estimate of drug-likeness (QED) is 0.285. The first-order chi connectivity index (χ1) is 16.9. The van der Waals surface area contributed by atoms with Crippen LogP contribution in [0.25, 0.3) is 11.1 Å². The van der Waals surface area contributed by atoms with E-state index in [1.54, 1.807) is 46.3 Å². The van der Waals surface area contributed by atoms with Crippen molar-refractivity contribution in [1.29, 1.82) is 0 Å². The third-order valence-electron chi connectivity index (χ3n) is 4.85. The van der Waals surface area contributed by atoms with E-state index >= 15 is 0 Å². The Hall–Kier alpha value is -1.86. The predicted octanol–water partition coefficient (Wildman–Crippen LogP) is 5.29. The van der Waals surface area contributed by atoms with Crippen molar-refractivity contribution < 1.29 is 41.6 Å². The predicted molar refractivity (Wildman–Crippen MR) is 138 cm³/mol. The fourth-order valence-corrected chi connectivity index (χ4v) is 6.77. The van der Waals surface area contributed by atoms with Gasteiger partial charge < -0.3 is 37.0 Å². The highest BCUT2D eigenvalue weighted by molar-refractivity contribution is 7.62. The first kappa shape index (κ1) is 29.4. The van der Waals surface area contributed by atoms with Gasteiger partial charge in [-0.05, 0) is 39.8 Å². The van der Waals surface area contributed by atoms with Gasteiger partial charge in [0.1, 0.15) is 23.0 Å². The van der Waals surface area contributed by atoms with E-state index in [2.05, 4.69) is 0 Å². The summed E-state index contributed by atoms with van der Waals surface area (Å²) in [5.41, 5.74) is 1.05. The van der Waals surface area contributed by atoms with E-state index in [0.29, 0.717) is 52.6 Å². The molecule has 0 amide bonds. The Kier molecular flexibility index (Phi) is 11.8. The third-order valence-corrected chi connectivity index (χ3v) is 8.72. The SMILES string of the molecule is CCOP(OCC)c1cc(OC)cc(OC)c1-c1c(OC)cc(OC)cc1P(=O)(OCC)OCC. The van der Waals surface area contributed by atoms with Gasteiger partial charge in [0, 0.05) is 28.6 Å². The Balaban J connectivity index is 3.09. The summed E-state index contributed by atoms with van der Waals surface area (Å²) in [5, 5.41) is 0.953. The van der Waals surface area contributed by atoms with Crippen LogP contribution in [0.2, 0.25) is 0 Å². The summed E-state index contributed by atoms with van der Waals surface area (Å²) >= 11 is 0. The summed E-state index contributed by atoms with van der Waals surface area (Å²) in [6.45, 7) is 8.49. The van der Waals surface area contributed by atoms with Crippen molar-refractivity contribution in [3.05, 3.63) is 24.3 Å². The third kappa shape index (κ3) is 6.67. The second kappa shape index (κ2) is 14.0. The van der Waals surface area contributed by atoms with Crippen molar-refractivity contribution in [3.8, 4) is 34.1 Å². The monoisotopic (exact) mass is 530 g/mol. The molecule has 0 aliphatic rings. The maximum Gasteiger partial charge on any atom is 0.362 e. The van der Waals surface area contributed by atoms with E-state index in [9.17, 15) is 4.57 Å². The first-order valence-electron chi connectivity index (χ1n) is 11.4. The lowest BCUT2D eigenvalue weighted by Gasteiger charge is -2.26. The lowest BCUT2D eigenvalue weighted by molar-refractivity contribution is 0.230. The molecule has 0 heterocycles. The highest BCUT2D eigenvalue weighted by Gasteiger charge is 2.36. The zero-order chi connectivity index (χ0) is 26.0. The largest absolute Gasteiger partial charge is 0.497 e. The molecule has 0 aliphatic heterocycles. The molecule has 0 radical (unpaired) electrons. The fraction of sp³-hybridized carbons (Fsp3) is 0.500. The number of methoxy groups -OCH3 is 4. The van der Waals surface area contributed by atoms with Gasteiger partial charge in [-0.1, -0.05) is 0 Å². The molecule has 0 saturated carbocycles. The number of ether oxygens (including phenoxy) is 4. The topological polar surface area (TPSA) is 90.9 Å². The number of benzene rings is 2. The molecule has 2 rings (SSSR count). The number of hydrogen-bond donors (Lipinski definition) is 0. The van der Waals surface area contributed by atoms with Crippen LogP contribution in [-0.2, 0) is 22.7 Å². The second-order valence-electron chi connectivity index (χ2n) is 6.87. The average Bonchev–Trinajstić information content (AvgIpc) is 2.87. The maximum atomic E-state index is 14.1. The normalized spacial score (nSPS) is 11.6. The highest BCUT2D eigenvalue weighted by Crippen LogP contribution is 2.54. The van der Waals surface area contributed by atoms with Crippen molar-refractivity contribution in [3.63, 3.8) is 0 Å². The fourth-order valence-electron chi connectivity index (χ4n) is 3.50. The van der Waals surface area contributed by atoms with Crippen molar-refractivity contribution in [2.45, 2.75) is 27.7 Å². The van der Waals surface area contributed by atoms with Gasteiger partial charge in [-0.3, -0.25) is 4.57 Å². The minimum atomic E-state index is -3.81. The summed E-state index contributed by atoms with van der Waals surface area (Å²) in [6, 6.07) is 6.91. The van der Waals surface area contributed by atoms with Crippen LogP contribution in [0.15, 0.2) is 24.3 Å². The summed E-state index contributed by atoms with van der Waals surface area (Å²) < 4.78 is 60.2. The van der Waals surface area contributed by atoms with Crippen LogP contribution in [0.1, 0.15) is 27.7 Å². The van der Waals surface area contributed by atoms with Gasteiger partial charge in [0.25, 0.3) is 0 Å². The second-order valence-corrected chi connectivity index (χ2v) is 10.4. The van der Waals surface area contributed by atoms with E-state index in [0.717, 1.165) is 0 Å². The Morgan fingerprint density at radius 3 is 1.57 bits per heavy atom. The minimum Gasteiger partial charge on any atom is -0.497 e. The summed E-state index contributed by atoms with van der Waals surface area (Å²) in [5.74, 6) is 1.84. The molecule has 35 heavy (non-hydrogen) atoms. The van der Waals surface area contributed by atoms with Crippen molar-refractivity contribution >= 4 is 26.6 Å². The average molecular weight is 530 g/mol. The Morgan fingerprint density at radius 1 is 0.657 bits per heavy atom. The van der Waals surface area contributed by atoms with Gasteiger partial charge in [-0.2, -0.15) is 0 Å². The lowest BCUT2D eigenvalue weighted by atomic mass is 10.0. The molecule has 2 aromatic carbocycles. The van der Waals surface area contributed by atoms with Crippen molar-refractivity contribution in [1.82, 2.24) is 0 Å². The molecule has 0 atom stereocenters. The summed E-state index contributed by atoms with van der Waals surface area (Å²) in [7, 11) is 0.802. The molecule has 0 saturated heterocycles. The molecule has 11 heteroatoms. The van der Waals surface area contributed by atoms with Crippen molar-refractivity contribution in [2.24, 2.45) is 0 Å². The van der Waals surface area contributed by atoms with Crippen LogP contribution in [0, 0.1) is 0 Å². The molecular formula is C24H36O9P2. The van der Waals surface area contributed by atoms with E-state index in [1.165, 1.54) is 14.2 Å². The highest BCUT2D eigenvalue weighted by atomic mass is 31.2. The number of rotatable bonds is 15. The summed E-state index contributed by atoms with van der Waals surface area (Å²) in [6.07, 6.45) is 0. The molecule has 0 unspecified atom stereocenters.